The summed E-state index contributed by atoms with van der Waals surface area (Å²) in [4.78, 5) is 0.347. The van der Waals surface area contributed by atoms with E-state index in [1.54, 1.807) is 18.2 Å². The maximum atomic E-state index is 10.4. The number of benzene rings is 1. The molecule has 0 aliphatic rings. The van der Waals surface area contributed by atoms with Gasteiger partial charge in [-0.3, -0.25) is 4.21 Å². The van der Waals surface area contributed by atoms with Crippen LogP contribution in [0.3, 0.4) is 0 Å². The molecule has 0 aromatic heterocycles. The summed E-state index contributed by atoms with van der Waals surface area (Å²) >= 11 is -2.09. The molecule has 0 radical (unpaired) electrons. The van der Waals surface area contributed by atoms with Gasteiger partial charge >= 0.3 is 29.6 Å². The van der Waals surface area contributed by atoms with E-state index in [0.29, 0.717) is 4.90 Å². The largest absolute Gasteiger partial charge is 1.00 e. The van der Waals surface area contributed by atoms with Gasteiger partial charge in [0.1, 0.15) is 0 Å². The van der Waals surface area contributed by atoms with E-state index >= 15 is 0 Å². The molecule has 0 saturated carbocycles. The third-order valence-electron chi connectivity index (χ3n) is 1.18. The second-order valence-corrected chi connectivity index (χ2v) is 2.99. The van der Waals surface area contributed by atoms with E-state index in [0.717, 1.165) is 5.56 Å². The fourth-order valence-corrected chi connectivity index (χ4v) is 1.19. The van der Waals surface area contributed by atoms with Crippen LogP contribution in [0.15, 0.2) is 29.2 Å². The Morgan fingerprint density at radius 2 is 2.09 bits per heavy atom. The summed E-state index contributed by atoms with van der Waals surface area (Å²) < 4.78 is 20.7. The van der Waals surface area contributed by atoms with Crippen LogP contribution in [0.25, 0.3) is 0 Å². The van der Waals surface area contributed by atoms with Crippen LogP contribution < -0.4 is 29.6 Å². The molecule has 1 aromatic rings. The molecule has 0 N–H and O–H groups in total. The van der Waals surface area contributed by atoms with E-state index in [9.17, 15) is 8.76 Å². The first-order valence-electron chi connectivity index (χ1n) is 2.86. The van der Waals surface area contributed by atoms with Gasteiger partial charge in [-0.2, -0.15) is 0 Å². The summed E-state index contributed by atoms with van der Waals surface area (Å²) in [5, 5.41) is 0. The molecule has 54 valence electrons. The normalized spacial score (nSPS) is 11.8. The van der Waals surface area contributed by atoms with Crippen molar-refractivity contribution in [2.45, 2.75) is 11.8 Å². The Bertz CT molecular complexity index is 262. The molecule has 1 rings (SSSR count). The maximum Gasteiger partial charge on any atom is 1.00 e. The van der Waals surface area contributed by atoms with Crippen LogP contribution >= 0.6 is 0 Å². The number of hydrogen-bond acceptors (Lipinski definition) is 2. The van der Waals surface area contributed by atoms with Crippen molar-refractivity contribution in [3.63, 3.8) is 0 Å². The molecule has 0 spiro atoms. The predicted octanol–water partition coefficient (Wildman–Crippen LogP) is -1.76. The zero-order valence-electron chi connectivity index (χ0n) is 6.53. The van der Waals surface area contributed by atoms with Gasteiger partial charge in [0.2, 0.25) is 0 Å². The molecule has 0 fully saturated rings. The van der Waals surface area contributed by atoms with Gasteiger partial charge in [0.25, 0.3) is 0 Å². The smallest absolute Gasteiger partial charge is 0.768 e. The summed E-state index contributed by atoms with van der Waals surface area (Å²) in [5.41, 5.74) is 0.960. The minimum Gasteiger partial charge on any atom is -0.768 e. The third kappa shape index (κ3) is 3.49. The molecule has 11 heavy (non-hydrogen) atoms. The van der Waals surface area contributed by atoms with Crippen LogP contribution in [0.4, 0.5) is 0 Å². The molecule has 1 unspecified atom stereocenters. The summed E-state index contributed by atoms with van der Waals surface area (Å²) in [5.74, 6) is 0. The van der Waals surface area contributed by atoms with Crippen molar-refractivity contribution in [2.75, 3.05) is 0 Å². The molecule has 0 heterocycles. The fraction of sp³-hybridized carbons (Fsp3) is 0.143. The Hall–Kier alpha value is 0.330. The van der Waals surface area contributed by atoms with Gasteiger partial charge in [-0.1, -0.05) is 12.1 Å². The molecular weight excluding hydrogens is 171 g/mol. The van der Waals surface area contributed by atoms with Gasteiger partial charge in [-0.05, 0) is 35.7 Å². The second-order valence-electron chi connectivity index (χ2n) is 2.05. The topological polar surface area (TPSA) is 40.1 Å². The van der Waals surface area contributed by atoms with Crippen molar-refractivity contribution in [3.05, 3.63) is 29.8 Å². The quantitative estimate of drug-likeness (QED) is 0.377. The van der Waals surface area contributed by atoms with Gasteiger partial charge in [0.05, 0.1) is 0 Å². The molecule has 0 amide bonds. The standard InChI is InChI=1S/C7H8O2S.Na/c1-6-3-2-4-7(5-6)10(8)9;/h2-5H,1H3,(H,8,9);/q;+1/p-1. The van der Waals surface area contributed by atoms with Crippen molar-refractivity contribution in [1.29, 1.82) is 0 Å². The van der Waals surface area contributed by atoms with E-state index in [4.69, 9.17) is 0 Å². The van der Waals surface area contributed by atoms with E-state index in [2.05, 4.69) is 0 Å². The fourth-order valence-electron chi connectivity index (χ4n) is 0.719. The number of aryl methyl sites for hydroxylation is 1. The first kappa shape index (κ1) is 11.3. The minimum atomic E-state index is -2.09. The third-order valence-corrected chi connectivity index (χ3v) is 1.82. The van der Waals surface area contributed by atoms with Crippen LogP contribution in [-0.4, -0.2) is 8.76 Å². The zero-order valence-corrected chi connectivity index (χ0v) is 9.35. The Balaban J connectivity index is 0.000001000. The van der Waals surface area contributed by atoms with Crippen molar-refractivity contribution < 1.29 is 38.3 Å². The SMILES string of the molecule is Cc1cccc(S(=O)[O-])c1.[Na+]. The molecule has 0 saturated heterocycles. The molecule has 1 aromatic carbocycles. The summed E-state index contributed by atoms with van der Waals surface area (Å²) in [7, 11) is 0. The number of rotatable bonds is 1. The first-order valence-corrected chi connectivity index (χ1v) is 3.93. The molecule has 0 bridgehead atoms. The van der Waals surface area contributed by atoms with Gasteiger partial charge in [0.15, 0.2) is 0 Å². The molecular formula is C7H7NaO2S. The van der Waals surface area contributed by atoms with Gasteiger partial charge in [-0.15, -0.1) is 0 Å². The van der Waals surface area contributed by atoms with Gasteiger partial charge < -0.3 is 4.55 Å². The Kier molecular flexibility index (Phi) is 5.21. The average molecular weight is 178 g/mol. The number of hydrogen-bond donors (Lipinski definition) is 0. The van der Waals surface area contributed by atoms with Crippen LogP contribution in [0, 0.1) is 6.92 Å². The van der Waals surface area contributed by atoms with E-state index < -0.39 is 11.1 Å². The van der Waals surface area contributed by atoms with Crippen molar-refractivity contribution in [3.8, 4) is 0 Å². The Morgan fingerprint density at radius 3 is 2.45 bits per heavy atom. The summed E-state index contributed by atoms with van der Waals surface area (Å²) in [6, 6.07) is 6.77. The van der Waals surface area contributed by atoms with Crippen LogP contribution in [0.5, 0.6) is 0 Å². The Labute approximate surface area is 90.6 Å². The summed E-state index contributed by atoms with van der Waals surface area (Å²) in [6.45, 7) is 1.86. The van der Waals surface area contributed by atoms with E-state index in [1.807, 2.05) is 13.0 Å². The van der Waals surface area contributed by atoms with E-state index in [1.165, 1.54) is 0 Å². The molecule has 2 nitrogen and oxygen atoms in total. The van der Waals surface area contributed by atoms with Crippen molar-refractivity contribution >= 4 is 11.1 Å². The molecule has 0 aliphatic carbocycles. The Morgan fingerprint density at radius 1 is 1.45 bits per heavy atom. The van der Waals surface area contributed by atoms with Gasteiger partial charge in [0, 0.05) is 4.90 Å². The first-order chi connectivity index (χ1) is 4.70. The van der Waals surface area contributed by atoms with Crippen LogP contribution in [0.1, 0.15) is 5.56 Å². The van der Waals surface area contributed by atoms with Crippen LogP contribution in [-0.2, 0) is 11.1 Å². The van der Waals surface area contributed by atoms with Crippen LogP contribution in [0.2, 0.25) is 0 Å². The van der Waals surface area contributed by atoms with Gasteiger partial charge in [-0.25, -0.2) is 0 Å². The minimum absolute atomic E-state index is 0. The van der Waals surface area contributed by atoms with Crippen molar-refractivity contribution in [1.82, 2.24) is 0 Å². The average Bonchev–Trinajstić information content (AvgIpc) is 1.88. The van der Waals surface area contributed by atoms with Crippen molar-refractivity contribution in [2.24, 2.45) is 0 Å². The molecule has 4 heteroatoms. The van der Waals surface area contributed by atoms with E-state index in [-0.39, 0.29) is 29.6 Å². The molecule has 1 atom stereocenters. The monoisotopic (exact) mass is 178 g/mol. The zero-order chi connectivity index (χ0) is 7.56. The molecule has 0 aliphatic heterocycles. The second kappa shape index (κ2) is 5.06. The maximum absolute atomic E-state index is 10.4. The summed E-state index contributed by atoms with van der Waals surface area (Å²) in [6.07, 6.45) is 0. The predicted molar refractivity (Wildman–Crippen MR) is 38.4 cm³/mol.